The molecule has 5 heteroatoms. The Labute approximate surface area is 152 Å². The summed E-state index contributed by atoms with van der Waals surface area (Å²) in [5.74, 6) is 0.845. The van der Waals surface area contributed by atoms with E-state index >= 15 is 0 Å². The minimum atomic E-state index is -0.188. The lowest BCUT2D eigenvalue weighted by Crippen LogP contribution is -2.40. The Bertz CT molecular complexity index is 675. The molecule has 0 aliphatic rings. The van der Waals surface area contributed by atoms with E-state index in [-0.39, 0.29) is 17.2 Å². The van der Waals surface area contributed by atoms with E-state index < -0.39 is 0 Å². The quantitative estimate of drug-likeness (QED) is 0.724. The van der Waals surface area contributed by atoms with Gasteiger partial charge >= 0.3 is 0 Å². The van der Waals surface area contributed by atoms with Crippen molar-refractivity contribution in [3.05, 3.63) is 59.1 Å². The van der Waals surface area contributed by atoms with Crippen LogP contribution in [0.4, 0.5) is 0 Å². The SMILES string of the molecule is Cc1ccccc1OC[C@@H](C)NC(=O)[C@@H](C)Sc1ccc(Cl)cc1. The number of nitrogens with one attached hydrogen (secondary N) is 1. The van der Waals surface area contributed by atoms with Crippen molar-refractivity contribution in [2.75, 3.05) is 6.61 Å². The van der Waals surface area contributed by atoms with E-state index in [2.05, 4.69) is 5.32 Å². The van der Waals surface area contributed by atoms with Crippen molar-refractivity contribution in [3.8, 4) is 5.75 Å². The molecular weight excluding hydrogens is 342 g/mol. The normalized spacial score (nSPS) is 13.2. The number of para-hydroxylation sites is 1. The molecule has 128 valence electrons. The summed E-state index contributed by atoms with van der Waals surface area (Å²) in [5.41, 5.74) is 1.09. The summed E-state index contributed by atoms with van der Waals surface area (Å²) in [6.07, 6.45) is 0. The van der Waals surface area contributed by atoms with Crippen LogP contribution in [0.5, 0.6) is 5.75 Å². The Morgan fingerprint density at radius 1 is 1.17 bits per heavy atom. The highest BCUT2D eigenvalue weighted by molar-refractivity contribution is 8.00. The molecule has 2 rings (SSSR count). The second-order valence-electron chi connectivity index (χ2n) is 5.70. The van der Waals surface area contributed by atoms with Crippen LogP contribution >= 0.6 is 23.4 Å². The molecule has 1 N–H and O–H groups in total. The summed E-state index contributed by atoms with van der Waals surface area (Å²) in [5, 5.41) is 3.50. The molecule has 0 aromatic heterocycles. The van der Waals surface area contributed by atoms with Gasteiger partial charge < -0.3 is 10.1 Å². The maximum absolute atomic E-state index is 12.3. The number of carbonyl (C=O) groups excluding carboxylic acids is 1. The van der Waals surface area contributed by atoms with Crippen LogP contribution < -0.4 is 10.1 Å². The van der Waals surface area contributed by atoms with Crippen LogP contribution in [-0.4, -0.2) is 23.8 Å². The van der Waals surface area contributed by atoms with Crippen molar-refractivity contribution < 1.29 is 9.53 Å². The van der Waals surface area contributed by atoms with Gasteiger partial charge in [-0.1, -0.05) is 29.8 Å². The predicted octanol–water partition coefficient (Wildman–Crippen LogP) is 4.71. The fourth-order valence-electron chi connectivity index (χ4n) is 2.11. The van der Waals surface area contributed by atoms with Gasteiger partial charge in [0.2, 0.25) is 5.91 Å². The van der Waals surface area contributed by atoms with Crippen LogP contribution in [-0.2, 0) is 4.79 Å². The monoisotopic (exact) mass is 363 g/mol. The van der Waals surface area contributed by atoms with Crippen LogP contribution in [0.25, 0.3) is 0 Å². The molecule has 2 aromatic carbocycles. The maximum Gasteiger partial charge on any atom is 0.233 e. The van der Waals surface area contributed by atoms with E-state index in [0.29, 0.717) is 11.6 Å². The minimum absolute atomic E-state index is 0.00386. The highest BCUT2D eigenvalue weighted by Gasteiger charge is 2.17. The molecule has 2 atom stereocenters. The summed E-state index contributed by atoms with van der Waals surface area (Å²) in [6, 6.07) is 15.3. The minimum Gasteiger partial charge on any atom is -0.491 e. The van der Waals surface area contributed by atoms with E-state index in [1.165, 1.54) is 11.8 Å². The van der Waals surface area contributed by atoms with E-state index in [1.807, 2.05) is 69.3 Å². The molecule has 0 heterocycles. The number of hydrogen-bond acceptors (Lipinski definition) is 3. The summed E-state index contributed by atoms with van der Waals surface area (Å²) in [7, 11) is 0. The fourth-order valence-corrected chi connectivity index (χ4v) is 3.11. The lowest BCUT2D eigenvalue weighted by Gasteiger charge is -2.18. The Morgan fingerprint density at radius 3 is 2.50 bits per heavy atom. The van der Waals surface area contributed by atoms with Crippen molar-refractivity contribution >= 4 is 29.3 Å². The van der Waals surface area contributed by atoms with Crippen molar-refractivity contribution in [1.82, 2.24) is 5.32 Å². The molecule has 0 radical (unpaired) electrons. The van der Waals surface area contributed by atoms with Gasteiger partial charge in [-0.2, -0.15) is 0 Å². The van der Waals surface area contributed by atoms with Crippen molar-refractivity contribution in [1.29, 1.82) is 0 Å². The first-order valence-electron chi connectivity index (χ1n) is 7.86. The molecule has 0 bridgehead atoms. The lowest BCUT2D eigenvalue weighted by atomic mass is 10.2. The molecule has 2 aromatic rings. The molecule has 0 spiro atoms. The molecule has 0 unspecified atom stereocenters. The zero-order valence-electron chi connectivity index (χ0n) is 14.1. The zero-order valence-corrected chi connectivity index (χ0v) is 15.7. The van der Waals surface area contributed by atoms with Crippen molar-refractivity contribution in [2.45, 2.75) is 37.0 Å². The number of ether oxygens (including phenoxy) is 1. The average molecular weight is 364 g/mol. The first-order chi connectivity index (χ1) is 11.5. The summed E-state index contributed by atoms with van der Waals surface area (Å²) >= 11 is 7.38. The van der Waals surface area contributed by atoms with Gasteiger partial charge in [0, 0.05) is 9.92 Å². The number of carbonyl (C=O) groups is 1. The van der Waals surface area contributed by atoms with Crippen LogP contribution in [0.1, 0.15) is 19.4 Å². The second-order valence-corrected chi connectivity index (χ2v) is 7.55. The third kappa shape index (κ3) is 5.77. The smallest absolute Gasteiger partial charge is 0.233 e. The molecular formula is C19H22ClNO2S. The molecule has 0 saturated heterocycles. The number of thioether (sulfide) groups is 1. The predicted molar refractivity (Wildman–Crippen MR) is 101 cm³/mol. The number of aryl methyl sites for hydroxylation is 1. The van der Waals surface area contributed by atoms with Crippen LogP contribution in [0.15, 0.2) is 53.4 Å². The molecule has 0 aliphatic carbocycles. The van der Waals surface area contributed by atoms with Gasteiger partial charge in [-0.05, 0) is 56.7 Å². The highest BCUT2D eigenvalue weighted by Crippen LogP contribution is 2.24. The average Bonchev–Trinajstić information content (AvgIpc) is 2.56. The Morgan fingerprint density at radius 2 is 1.83 bits per heavy atom. The van der Waals surface area contributed by atoms with Crippen LogP contribution in [0, 0.1) is 6.92 Å². The number of halogens is 1. The van der Waals surface area contributed by atoms with E-state index in [9.17, 15) is 4.79 Å². The molecule has 3 nitrogen and oxygen atoms in total. The number of benzene rings is 2. The van der Waals surface area contributed by atoms with Crippen molar-refractivity contribution in [3.63, 3.8) is 0 Å². The standard InChI is InChI=1S/C19H22ClNO2S/c1-13-6-4-5-7-18(13)23-12-14(2)21-19(22)15(3)24-17-10-8-16(20)9-11-17/h4-11,14-15H,12H2,1-3H3,(H,21,22)/t14-,15-/m1/s1. The summed E-state index contributed by atoms with van der Waals surface area (Å²) in [6.45, 7) is 6.28. The number of amides is 1. The first kappa shape index (κ1) is 18.7. The largest absolute Gasteiger partial charge is 0.491 e. The van der Waals surface area contributed by atoms with E-state index in [1.54, 1.807) is 0 Å². The third-order valence-electron chi connectivity index (χ3n) is 3.47. The van der Waals surface area contributed by atoms with Crippen molar-refractivity contribution in [2.24, 2.45) is 0 Å². The van der Waals surface area contributed by atoms with E-state index in [4.69, 9.17) is 16.3 Å². The van der Waals surface area contributed by atoms with Gasteiger partial charge in [0.05, 0.1) is 11.3 Å². The Hall–Kier alpha value is -1.65. The topological polar surface area (TPSA) is 38.3 Å². The van der Waals surface area contributed by atoms with Gasteiger partial charge in [0.15, 0.2) is 0 Å². The number of rotatable bonds is 7. The van der Waals surface area contributed by atoms with E-state index in [0.717, 1.165) is 16.2 Å². The molecule has 0 saturated carbocycles. The van der Waals surface area contributed by atoms with Crippen LogP contribution in [0.3, 0.4) is 0 Å². The molecule has 24 heavy (non-hydrogen) atoms. The van der Waals surface area contributed by atoms with Gasteiger partial charge in [-0.15, -0.1) is 11.8 Å². The highest BCUT2D eigenvalue weighted by atomic mass is 35.5. The molecule has 1 amide bonds. The Balaban J connectivity index is 1.80. The zero-order chi connectivity index (χ0) is 17.5. The lowest BCUT2D eigenvalue weighted by molar-refractivity contribution is -0.121. The fraction of sp³-hybridized carbons (Fsp3) is 0.316. The molecule has 0 fully saturated rings. The van der Waals surface area contributed by atoms with Crippen LogP contribution in [0.2, 0.25) is 5.02 Å². The summed E-state index contributed by atoms with van der Waals surface area (Å²) in [4.78, 5) is 13.3. The molecule has 0 aliphatic heterocycles. The van der Waals surface area contributed by atoms with Gasteiger partial charge in [-0.25, -0.2) is 0 Å². The second kappa shape index (κ2) is 9.00. The van der Waals surface area contributed by atoms with Gasteiger partial charge in [0.25, 0.3) is 0 Å². The third-order valence-corrected chi connectivity index (χ3v) is 4.83. The van der Waals surface area contributed by atoms with Gasteiger partial charge in [-0.3, -0.25) is 4.79 Å². The maximum atomic E-state index is 12.3. The number of hydrogen-bond donors (Lipinski definition) is 1. The first-order valence-corrected chi connectivity index (χ1v) is 9.12. The van der Waals surface area contributed by atoms with Gasteiger partial charge in [0.1, 0.15) is 12.4 Å². The Kier molecular flexibility index (Phi) is 7.00. The summed E-state index contributed by atoms with van der Waals surface area (Å²) < 4.78 is 5.77.